The van der Waals surface area contributed by atoms with Crippen molar-refractivity contribution in [2.45, 2.75) is 27.3 Å². The van der Waals surface area contributed by atoms with Gasteiger partial charge in [-0.05, 0) is 31.0 Å². The predicted molar refractivity (Wildman–Crippen MR) is 86.2 cm³/mol. The quantitative estimate of drug-likeness (QED) is 0.767. The lowest BCUT2D eigenvalue weighted by Gasteiger charge is -2.12. The Bertz CT molecular complexity index is 806. The second kappa shape index (κ2) is 5.37. The molecular weight excluding hydrogens is 278 g/mol. The van der Waals surface area contributed by atoms with Crippen LogP contribution in [0.15, 0.2) is 40.8 Å². The van der Waals surface area contributed by atoms with E-state index in [1.165, 1.54) is 0 Å². The third kappa shape index (κ3) is 2.41. The molecule has 1 aromatic carbocycles. The highest BCUT2D eigenvalue weighted by Gasteiger charge is 2.20. The minimum atomic E-state index is -0.905. The van der Waals surface area contributed by atoms with Crippen LogP contribution in [0.3, 0.4) is 0 Å². The van der Waals surface area contributed by atoms with Crippen LogP contribution in [-0.4, -0.2) is 15.6 Å². The molecule has 3 aromatic rings. The van der Waals surface area contributed by atoms with Crippen LogP contribution in [0.5, 0.6) is 0 Å². The zero-order valence-corrected chi connectivity index (χ0v) is 13.0. The molecule has 2 aromatic heterocycles. The Kier molecular flexibility index (Phi) is 3.53. The van der Waals surface area contributed by atoms with Gasteiger partial charge < -0.3 is 14.1 Å². The number of aromatic carboxylic acids is 1. The minimum absolute atomic E-state index is 0.330. The average Bonchev–Trinajstić information content (AvgIpc) is 3.00. The minimum Gasteiger partial charge on any atom is -0.478 e. The summed E-state index contributed by atoms with van der Waals surface area (Å²) in [7, 11) is 0. The normalized spacial score (nSPS) is 11.5. The smallest absolute Gasteiger partial charge is 0.337 e. The van der Waals surface area contributed by atoms with E-state index in [1.807, 2.05) is 41.8 Å². The molecule has 0 bridgehead atoms. The van der Waals surface area contributed by atoms with Crippen molar-refractivity contribution >= 4 is 16.9 Å². The monoisotopic (exact) mass is 297 g/mol. The van der Waals surface area contributed by atoms with Crippen molar-refractivity contribution in [3.63, 3.8) is 0 Å². The van der Waals surface area contributed by atoms with Crippen LogP contribution >= 0.6 is 0 Å². The highest BCUT2D eigenvalue weighted by atomic mass is 16.4. The molecule has 0 unspecified atom stereocenters. The van der Waals surface area contributed by atoms with Gasteiger partial charge in [0.25, 0.3) is 0 Å². The number of carboxylic acid groups (broad SMARTS) is 1. The van der Waals surface area contributed by atoms with Crippen LogP contribution in [0, 0.1) is 12.8 Å². The van der Waals surface area contributed by atoms with Gasteiger partial charge in [0, 0.05) is 17.6 Å². The maximum atomic E-state index is 11.4. The van der Waals surface area contributed by atoms with Gasteiger partial charge in [-0.3, -0.25) is 0 Å². The van der Waals surface area contributed by atoms with E-state index in [9.17, 15) is 9.90 Å². The fraction of sp³-hybridized carbons (Fsp3) is 0.278. The third-order valence-electron chi connectivity index (χ3n) is 3.82. The van der Waals surface area contributed by atoms with Crippen molar-refractivity contribution in [3.05, 3.63) is 47.7 Å². The first-order valence-corrected chi connectivity index (χ1v) is 7.39. The summed E-state index contributed by atoms with van der Waals surface area (Å²) in [6.45, 7) is 6.83. The molecule has 114 valence electrons. The Morgan fingerprint density at radius 2 is 2.00 bits per heavy atom. The van der Waals surface area contributed by atoms with Crippen molar-refractivity contribution in [1.29, 1.82) is 0 Å². The van der Waals surface area contributed by atoms with E-state index in [4.69, 9.17) is 4.42 Å². The van der Waals surface area contributed by atoms with Gasteiger partial charge in [-0.1, -0.05) is 32.0 Å². The van der Waals surface area contributed by atoms with Gasteiger partial charge in [-0.15, -0.1) is 0 Å². The van der Waals surface area contributed by atoms with Gasteiger partial charge in [-0.25, -0.2) is 4.79 Å². The summed E-state index contributed by atoms with van der Waals surface area (Å²) in [5.74, 6) is 0.214. The summed E-state index contributed by atoms with van der Waals surface area (Å²) in [4.78, 5) is 11.4. The van der Waals surface area contributed by atoms with Crippen LogP contribution < -0.4 is 0 Å². The number of hydrogen-bond acceptors (Lipinski definition) is 2. The number of furan rings is 1. The lowest BCUT2D eigenvalue weighted by Crippen LogP contribution is -2.08. The highest BCUT2D eigenvalue weighted by Crippen LogP contribution is 2.31. The topological polar surface area (TPSA) is 55.4 Å². The van der Waals surface area contributed by atoms with E-state index >= 15 is 0 Å². The van der Waals surface area contributed by atoms with Gasteiger partial charge in [0.1, 0.15) is 5.58 Å². The molecule has 3 rings (SSSR count). The van der Waals surface area contributed by atoms with Crippen molar-refractivity contribution in [1.82, 2.24) is 4.57 Å². The molecule has 1 N–H and O–H groups in total. The van der Waals surface area contributed by atoms with Crippen LogP contribution in [0.2, 0.25) is 0 Å². The Morgan fingerprint density at radius 1 is 1.27 bits per heavy atom. The molecule has 0 atom stereocenters. The lowest BCUT2D eigenvalue weighted by molar-refractivity contribution is 0.0696. The molecule has 22 heavy (non-hydrogen) atoms. The zero-order valence-electron chi connectivity index (χ0n) is 13.0. The SMILES string of the molecule is Cc1c(C(=O)O)cc(-c2cc3ccccc3o2)n1CC(C)C. The van der Waals surface area contributed by atoms with Crippen LogP contribution in [0.25, 0.3) is 22.4 Å². The van der Waals surface area contributed by atoms with Crippen molar-refractivity contribution < 1.29 is 14.3 Å². The van der Waals surface area contributed by atoms with E-state index in [2.05, 4.69) is 13.8 Å². The molecular formula is C18H19NO3. The number of aromatic nitrogens is 1. The standard InChI is InChI=1S/C18H19NO3/c1-11(2)10-19-12(3)14(18(20)21)9-15(19)17-8-13-6-4-5-7-16(13)22-17/h4-9,11H,10H2,1-3H3,(H,20,21). The number of para-hydroxylation sites is 1. The summed E-state index contributed by atoms with van der Waals surface area (Å²) in [6.07, 6.45) is 0. The first kappa shape index (κ1) is 14.4. The molecule has 0 saturated carbocycles. The number of benzene rings is 1. The van der Waals surface area contributed by atoms with Crippen LogP contribution in [0.4, 0.5) is 0 Å². The van der Waals surface area contributed by atoms with Crippen LogP contribution in [-0.2, 0) is 6.54 Å². The number of carbonyl (C=O) groups is 1. The number of nitrogens with zero attached hydrogens (tertiary/aromatic N) is 1. The average molecular weight is 297 g/mol. The predicted octanol–water partition coefficient (Wildman–Crippen LogP) is 4.56. The van der Waals surface area contributed by atoms with Gasteiger partial charge in [0.2, 0.25) is 0 Å². The largest absolute Gasteiger partial charge is 0.478 e. The van der Waals surface area contributed by atoms with Crippen molar-refractivity contribution in [2.24, 2.45) is 5.92 Å². The van der Waals surface area contributed by atoms with Gasteiger partial charge in [0.15, 0.2) is 5.76 Å². The maximum Gasteiger partial charge on any atom is 0.337 e. The summed E-state index contributed by atoms with van der Waals surface area (Å²) < 4.78 is 7.94. The summed E-state index contributed by atoms with van der Waals surface area (Å²) in [5.41, 5.74) is 2.72. The molecule has 0 amide bonds. The Morgan fingerprint density at radius 3 is 2.64 bits per heavy atom. The second-order valence-corrected chi connectivity index (χ2v) is 5.99. The first-order chi connectivity index (χ1) is 10.5. The van der Waals surface area contributed by atoms with E-state index in [0.29, 0.717) is 17.2 Å². The maximum absolute atomic E-state index is 11.4. The van der Waals surface area contributed by atoms with Gasteiger partial charge >= 0.3 is 5.97 Å². The molecule has 0 aliphatic heterocycles. The van der Waals surface area contributed by atoms with Crippen molar-refractivity contribution in [3.8, 4) is 11.5 Å². The van der Waals surface area contributed by atoms with Crippen LogP contribution in [0.1, 0.15) is 29.9 Å². The first-order valence-electron chi connectivity index (χ1n) is 7.39. The van der Waals surface area contributed by atoms with E-state index in [1.54, 1.807) is 6.07 Å². The fourth-order valence-corrected chi connectivity index (χ4v) is 2.77. The molecule has 0 aliphatic carbocycles. The molecule has 4 nitrogen and oxygen atoms in total. The molecule has 0 radical (unpaired) electrons. The molecule has 0 aliphatic rings. The van der Waals surface area contributed by atoms with Gasteiger partial charge in [0.05, 0.1) is 11.3 Å². The molecule has 0 spiro atoms. The van der Waals surface area contributed by atoms with E-state index in [0.717, 1.165) is 28.9 Å². The molecule has 2 heterocycles. The Hall–Kier alpha value is -2.49. The highest BCUT2D eigenvalue weighted by molar-refractivity contribution is 5.91. The number of fused-ring (bicyclic) bond motifs is 1. The number of hydrogen-bond donors (Lipinski definition) is 1. The summed E-state index contributed by atoms with van der Waals surface area (Å²) in [6, 6.07) is 11.5. The number of rotatable bonds is 4. The summed E-state index contributed by atoms with van der Waals surface area (Å²) >= 11 is 0. The van der Waals surface area contributed by atoms with E-state index < -0.39 is 5.97 Å². The third-order valence-corrected chi connectivity index (χ3v) is 3.82. The lowest BCUT2D eigenvalue weighted by atomic mass is 10.2. The molecule has 0 fully saturated rings. The Balaban J connectivity index is 2.19. The van der Waals surface area contributed by atoms with Crippen molar-refractivity contribution in [2.75, 3.05) is 0 Å². The zero-order chi connectivity index (χ0) is 15.9. The summed E-state index contributed by atoms with van der Waals surface area (Å²) in [5, 5.41) is 10.4. The molecule has 4 heteroatoms. The fourth-order valence-electron chi connectivity index (χ4n) is 2.77. The molecule has 0 saturated heterocycles. The number of carboxylic acids is 1. The Labute approximate surface area is 129 Å². The van der Waals surface area contributed by atoms with E-state index in [-0.39, 0.29) is 0 Å². The second-order valence-electron chi connectivity index (χ2n) is 5.99. The van der Waals surface area contributed by atoms with Gasteiger partial charge in [-0.2, -0.15) is 0 Å².